The van der Waals surface area contributed by atoms with Gasteiger partial charge in [-0.15, -0.1) is 0 Å². The van der Waals surface area contributed by atoms with E-state index in [9.17, 15) is 0 Å². The Kier molecular flexibility index (Phi) is 9.31. The van der Waals surface area contributed by atoms with Crippen LogP contribution in [0.15, 0.2) is 24.3 Å². The first-order chi connectivity index (χ1) is 10.2. The summed E-state index contributed by atoms with van der Waals surface area (Å²) in [6, 6.07) is 8.89. The third kappa shape index (κ3) is 7.60. The van der Waals surface area contributed by atoms with Crippen LogP contribution in [-0.2, 0) is 13.0 Å². The van der Waals surface area contributed by atoms with Crippen LogP contribution in [0.5, 0.6) is 0 Å². The molecule has 0 atom stereocenters. The van der Waals surface area contributed by atoms with Crippen molar-refractivity contribution < 1.29 is 0 Å². The van der Waals surface area contributed by atoms with Gasteiger partial charge in [0.2, 0.25) is 0 Å². The molecule has 0 radical (unpaired) electrons. The Morgan fingerprint density at radius 2 is 1.71 bits per heavy atom. The highest BCUT2D eigenvalue weighted by Crippen LogP contribution is 2.12. The molecule has 0 aliphatic heterocycles. The Labute approximate surface area is 131 Å². The summed E-state index contributed by atoms with van der Waals surface area (Å²) in [5.74, 6) is 0. The topological polar surface area (TPSA) is 18.5 Å². The fraction of sp³-hybridized carbons (Fsp3) is 0.667. The number of benzene rings is 1. The van der Waals surface area contributed by atoms with Crippen LogP contribution < -0.4 is 5.32 Å². The van der Waals surface area contributed by atoms with Crippen LogP contribution in [-0.4, -0.2) is 56.6 Å². The lowest BCUT2D eigenvalue weighted by Crippen LogP contribution is -2.27. The molecule has 1 aromatic rings. The Bertz CT molecular complexity index is 376. The lowest BCUT2D eigenvalue weighted by molar-refractivity contribution is 0.258. The van der Waals surface area contributed by atoms with E-state index in [0.29, 0.717) is 0 Å². The summed E-state index contributed by atoms with van der Waals surface area (Å²) in [6.07, 6.45) is 2.36. The third-order valence-corrected chi connectivity index (χ3v) is 3.86. The van der Waals surface area contributed by atoms with E-state index in [0.717, 1.165) is 32.6 Å². The number of nitrogens with zero attached hydrogens (tertiary/aromatic N) is 2. The second kappa shape index (κ2) is 10.8. The minimum Gasteiger partial charge on any atom is -0.317 e. The molecule has 21 heavy (non-hydrogen) atoms. The second-order valence-corrected chi connectivity index (χ2v) is 5.90. The molecule has 0 saturated carbocycles. The third-order valence-electron chi connectivity index (χ3n) is 3.86. The summed E-state index contributed by atoms with van der Waals surface area (Å²) in [5.41, 5.74) is 2.98. The summed E-state index contributed by atoms with van der Waals surface area (Å²) in [7, 11) is 4.29. The average molecular weight is 291 g/mol. The largest absolute Gasteiger partial charge is 0.317 e. The van der Waals surface area contributed by atoms with Gasteiger partial charge in [0.1, 0.15) is 0 Å². The van der Waals surface area contributed by atoms with E-state index in [-0.39, 0.29) is 0 Å². The van der Waals surface area contributed by atoms with Crippen molar-refractivity contribution in [1.29, 1.82) is 0 Å². The molecule has 1 N–H and O–H groups in total. The van der Waals surface area contributed by atoms with Crippen molar-refractivity contribution in [3.63, 3.8) is 0 Å². The first-order valence-corrected chi connectivity index (χ1v) is 8.32. The maximum Gasteiger partial charge on any atom is 0.0236 e. The predicted octanol–water partition coefficient (Wildman–Crippen LogP) is 2.61. The fourth-order valence-corrected chi connectivity index (χ4v) is 2.56. The maximum atomic E-state index is 3.42. The molecule has 0 bridgehead atoms. The molecule has 120 valence electrons. The molecule has 0 saturated heterocycles. The van der Waals surface area contributed by atoms with Gasteiger partial charge < -0.3 is 10.2 Å². The number of hydrogen-bond donors (Lipinski definition) is 1. The van der Waals surface area contributed by atoms with E-state index < -0.39 is 0 Å². The van der Waals surface area contributed by atoms with Crippen LogP contribution in [0.4, 0.5) is 0 Å². The van der Waals surface area contributed by atoms with Crippen LogP contribution in [0.1, 0.15) is 31.4 Å². The lowest BCUT2D eigenvalue weighted by atomic mass is 10.0. The SMILES string of the molecule is CCNCCc1ccccc1CN(CC)CCCN(C)C. The number of rotatable bonds is 11. The molecule has 0 aromatic heterocycles. The lowest BCUT2D eigenvalue weighted by Gasteiger charge is -2.23. The highest BCUT2D eigenvalue weighted by Gasteiger charge is 2.07. The van der Waals surface area contributed by atoms with Gasteiger partial charge in [-0.1, -0.05) is 38.1 Å². The zero-order valence-electron chi connectivity index (χ0n) is 14.4. The zero-order chi connectivity index (χ0) is 15.5. The number of likely N-dealkylation sites (N-methyl/N-ethyl adjacent to an activating group) is 1. The molecular formula is C18H33N3. The fourth-order valence-electron chi connectivity index (χ4n) is 2.56. The number of hydrogen-bond acceptors (Lipinski definition) is 3. The first-order valence-electron chi connectivity index (χ1n) is 8.32. The van der Waals surface area contributed by atoms with Gasteiger partial charge in [-0.2, -0.15) is 0 Å². The molecule has 0 aliphatic rings. The zero-order valence-corrected chi connectivity index (χ0v) is 14.4. The molecule has 0 heterocycles. The van der Waals surface area contributed by atoms with Crippen LogP contribution >= 0.6 is 0 Å². The summed E-state index contributed by atoms with van der Waals surface area (Å²) in [6.45, 7) is 11.1. The van der Waals surface area contributed by atoms with Crippen LogP contribution in [0, 0.1) is 0 Å². The molecule has 0 fully saturated rings. The van der Waals surface area contributed by atoms with E-state index in [1.54, 1.807) is 0 Å². The minimum atomic E-state index is 1.05. The molecule has 1 rings (SSSR count). The van der Waals surface area contributed by atoms with E-state index in [1.165, 1.54) is 30.6 Å². The highest BCUT2D eigenvalue weighted by atomic mass is 15.1. The quantitative estimate of drug-likeness (QED) is 0.632. The van der Waals surface area contributed by atoms with Crippen LogP contribution in [0.2, 0.25) is 0 Å². The van der Waals surface area contributed by atoms with Crippen molar-refractivity contribution in [2.45, 2.75) is 33.2 Å². The normalized spacial score (nSPS) is 11.5. The van der Waals surface area contributed by atoms with Crippen LogP contribution in [0.3, 0.4) is 0 Å². The molecule has 0 amide bonds. The Morgan fingerprint density at radius 1 is 1.00 bits per heavy atom. The van der Waals surface area contributed by atoms with Gasteiger partial charge >= 0.3 is 0 Å². The van der Waals surface area contributed by atoms with E-state index >= 15 is 0 Å². The molecule has 0 spiro atoms. The van der Waals surface area contributed by atoms with Gasteiger partial charge in [0.25, 0.3) is 0 Å². The highest BCUT2D eigenvalue weighted by molar-refractivity contribution is 5.27. The van der Waals surface area contributed by atoms with E-state index in [4.69, 9.17) is 0 Å². The molecule has 3 nitrogen and oxygen atoms in total. The van der Waals surface area contributed by atoms with E-state index in [2.05, 4.69) is 67.3 Å². The van der Waals surface area contributed by atoms with Gasteiger partial charge in [0.15, 0.2) is 0 Å². The number of nitrogens with one attached hydrogen (secondary N) is 1. The predicted molar refractivity (Wildman–Crippen MR) is 92.8 cm³/mol. The Morgan fingerprint density at radius 3 is 2.33 bits per heavy atom. The Balaban J connectivity index is 2.53. The van der Waals surface area contributed by atoms with Crippen molar-refractivity contribution in [2.24, 2.45) is 0 Å². The monoisotopic (exact) mass is 291 g/mol. The minimum absolute atomic E-state index is 1.05. The Hall–Kier alpha value is -0.900. The van der Waals surface area contributed by atoms with Crippen molar-refractivity contribution in [2.75, 3.05) is 46.8 Å². The molecule has 3 heteroatoms. The molecule has 1 aromatic carbocycles. The van der Waals surface area contributed by atoms with Gasteiger partial charge in [0.05, 0.1) is 0 Å². The van der Waals surface area contributed by atoms with Gasteiger partial charge in [-0.05, 0) is 70.8 Å². The van der Waals surface area contributed by atoms with Gasteiger partial charge in [-0.3, -0.25) is 4.90 Å². The van der Waals surface area contributed by atoms with Gasteiger partial charge in [-0.25, -0.2) is 0 Å². The summed E-state index contributed by atoms with van der Waals surface area (Å²) in [5, 5.41) is 3.42. The average Bonchev–Trinajstić information content (AvgIpc) is 2.47. The van der Waals surface area contributed by atoms with Crippen LogP contribution in [0.25, 0.3) is 0 Å². The standard InChI is InChI=1S/C18H33N3/c1-5-19-13-12-17-10-7-8-11-18(17)16-21(6-2)15-9-14-20(3)4/h7-8,10-11,19H,5-6,9,12-16H2,1-4H3. The molecule has 0 unspecified atom stereocenters. The van der Waals surface area contributed by atoms with Crippen molar-refractivity contribution in [3.8, 4) is 0 Å². The summed E-state index contributed by atoms with van der Waals surface area (Å²) < 4.78 is 0. The van der Waals surface area contributed by atoms with Crippen molar-refractivity contribution in [3.05, 3.63) is 35.4 Å². The molecule has 0 aliphatic carbocycles. The van der Waals surface area contributed by atoms with Gasteiger partial charge in [0, 0.05) is 6.54 Å². The van der Waals surface area contributed by atoms with Crippen molar-refractivity contribution in [1.82, 2.24) is 15.1 Å². The maximum absolute atomic E-state index is 3.42. The second-order valence-electron chi connectivity index (χ2n) is 5.90. The summed E-state index contributed by atoms with van der Waals surface area (Å²) >= 11 is 0. The first kappa shape index (κ1) is 18.1. The van der Waals surface area contributed by atoms with E-state index in [1.807, 2.05) is 0 Å². The molecular weight excluding hydrogens is 258 g/mol. The summed E-state index contributed by atoms with van der Waals surface area (Å²) in [4.78, 5) is 4.81. The van der Waals surface area contributed by atoms with Crippen molar-refractivity contribution >= 4 is 0 Å². The smallest absolute Gasteiger partial charge is 0.0236 e.